The quantitative estimate of drug-likeness (QED) is 0.152. The van der Waals surface area contributed by atoms with Crippen molar-refractivity contribution in [2.75, 3.05) is 10.3 Å². The highest BCUT2D eigenvalue weighted by Gasteiger charge is 2.23. The molecular formula is C30H28Cl2FN7O2. The maximum atomic E-state index is 14.3. The lowest BCUT2D eigenvalue weighted by Crippen LogP contribution is -2.28. The lowest BCUT2D eigenvalue weighted by atomic mass is 9.94. The molecule has 0 spiro atoms. The van der Waals surface area contributed by atoms with E-state index >= 15 is 0 Å². The summed E-state index contributed by atoms with van der Waals surface area (Å²) in [4.78, 5) is 35.6. The van der Waals surface area contributed by atoms with Crippen molar-refractivity contribution < 1.29 is 9.18 Å². The molecule has 3 heterocycles. The third kappa shape index (κ3) is 6.30. The third-order valence-electron chi connectivity index (χ3n) is 7.19. The van der Waals surface area contributed by atoms with E-state index < -0.39 is 11.9 Å². The molecule has 1 aliphatic rings. The van der Waals surface area contributed by atoms with Crippen LogP contribution in [0.3, 0.4) is 0 Å². The topological polar surface area (TPSA) is 132 Å². The monoisotopic (exact) mass is 607 g/mol. The zero-order chi connectivity index (χ0) is 30.0. The number of carbonyl (C=O) groups is 1. The molecule has 0 fully saturated rings. The van der Waals surface area contributed by atoms with Gasteiger partial charge in [-0.25, -0.2) is 15.2 Å². The van der Waals surface area contributed by atoms with Crippen LogP contribution < -0.4 is 27.5 Å². The molecule has 0 saturated heterocycles. The van der Waals surface area contributed by atoms with E-state index in [1.807, 2.05) is 19.1 Å². The number of fused-ring (bicyclic) bond motifs is 4. The van der Waals surface area contributed by atoms with Crippen molar-refractivity contribution >= 4 is 40.5 Å². The van der Waals surface area contributed by atoms with Crippen molar-refractivity contribution in [2.45, 2.75) is 32.2 Å². The summed E-state index contributed by atoms with van der Waals surface area (Å²) >= 11 is 12.1. The van der Waals surface area contributed by atoms with Gasteiger partial charge in [-0.15, -0.1) is 0 Å². The Labute approximate surface area is 251 Å². The van der Waals surface area contributed by atoms with Crippen LogP contribution in [0.1, 0.15) is 37.8 Å². The van der Waals surface area contributed by atoms with Gasteiger partial charge in [-0.05, 0) is 66.9 Å². The molecule has 0 saturated carbocycles. The number of nitrogens with zero attached hydrogens (tertiary/aromatic N) is 4. The first-order valence-corrected chi connectivity index (χ1v) is 14.0. The molecule has 216 valence electrons. The Morgan fingerprint density at radius 3 is 2.62 bits per heavy atom. The van der Waals surface area contributed by atoms with E-state index in [1.54, 1.807) is 29.0 Å². The van der Waals surface area contributed by atoms with Crippen molar-refractivity contribution in [2.24, 2.45) is 17.5 Å². The molecule has 2 atom stereocenters. The average Bonchev–Trinajstić information content (AvgIpc) is 2.95. The SMILES string of the molecule is CC1CCCC(n2cnc(-c3cc(Cl)ccc3N(N)/C=C(\N)Cl)cc2=O)c2ccnc(c2)-c2cc(F)ccc2NC1=O. The van der Waals surface area contributed by atoms with Gasteiger partial charge in [-0.2, -0.15) is 0 Å². The molecule has 2 bridgehead atoms. The fourth-order valence-electron chi connectivity index (χ4n) is 5.04. The molecule has 1 aliphatic heterocycles. The number of halogens is 3. The van der Waals surface area contributed by atoms with Gasteiger partial charge in [0.15, 0.2) is 0 Å². The van der Waals surface area contributed by atoms with Gasteiger partial charge in [0.25, 0.3) is 5.56 Å². The minimum absolute atomic E-state index is 0.0295. The molecule has 42 heavy (non-hydrogen) atoms. The Morgan fingerprint density at radius 2 is 1.86 bits per heavy atom. The minimum Gasteiger partial charge on any atom is -0.388 e. The largest absolute Gasteiger partial charge is 0.388 e. The summed E-state index contributed by atoms with van der Waals surface area (Å²) in [5.74, 6) is 5.20. The Kier molecular flexibility index (Phi) is 8.58. The highest BCUT2D eigenvalue weighted by Crippen LogP contribution is 2.34. The van der Waals surface area contributed by atoms with Gasteiger partial charge in [-0.3, -0.25) is 24.1 Å². The molecule has 5 rings (SSSR count). The minimum atomic E-state index is -0.455. The predicted molar refractivity (Wildman–Crippen MR) is 163 cm³/mol. The number of carbonyl (C=O) groups excluding carboxylic acids is 1. The zero-order valence-electron chi connectivity index (χ0n) is 22.6. The lowest BCUT2D eigenvalue weighted by Gasteiger charge is -2.23. The van der Waals surface area contributed by atoms with Gasteiger partial charge in [0, 0.05) is 34.3 Å². The Balaban J connectivity index is 1.60. The van der Waals surface area contributed by atoms with Crippen molar-refractivity contribution in [3.05, 3.63) is 105 Å². The van der Waals surface area contributed by atoms with Gasteiger partial charge in [0.2, 0.25) is 5.91 Å². The maximum Gasteiger partial charge on any atom is 0.254 e. The Morgan fingerprint density at radius 1 is 1.07 bits per heavy atom. The summed E-state index contributed by atoms with van der Waals surface area (Å²) in [6.07, 6.45) is 6.22. The number of pyridine rings is 1. The van der Waals surface area contributed by atoms with E-state index in [0.717, 1.165) is 5.56 Å². The second kappa shape index (κ2) is 12.3. The lowest BCUT2D eigenvalue weighted by molar-refractivity contribution is -0.119. The molecule has 9 nitrogen and oxygen atoms in total. The summed E-state index contributed by atoms with van der Waals surface area (Å²) in [7, 11) is 0. The van der Waals surface area contributed by atoms with Gasteiger partial charge < -0.3 is 11.1 Å². The standard InChI is InChI=1S/C30H28Cl2FN7O2/c1-17-3-2-4-26(18-9-10-36-24(11-18)21-13-20(33)6-7-23(21)38-30(17)42)39-16-37-25(14-29(39)41)22-12-19(31)5-8-27(22)40(35)15-28(32)34/h5-17,26H,2-4,34-35H2,1H3,(H,38,42)/b28-15-. The number of benzene rings is 2. The molecule has 2 unspecified atom stereocenters. The van der Waals surface area contributed by atoms with Crippen LogP contribution in [0.5, 0.6) is 0 Å². The summed E-state index contributed by atoms with van der Waals surface area (Å²) in [6, 6.07) is 13.8. The number of hydrogen-bond donors (Lipinski definition) is 3. The first kappa shape index (κ1) is 29.2. The number of amides is 1. The van der Waals surface area contributed by atoms with Crippen LogP contribution in [-0.4, -0.2) is 20.4 Å². The van der Waals surface area contributed by atoms with E-state index in [1.165, 1.54) is 41.8 Å². The predicted octanol–water partition coefficient (Wildman–Crippen LogP) is 5.79. The molecule has 0 aliphatic carbocycles. The average molecular weight is 609 g/mol. The molecule has 12 heteroatoms. The van der Waals surface area contributed by atoms with Crippen molar-refractivity contribution in [1.29, 1.82) is 0 Å². The number of anilines is 2. The van der Waals surface area contributed by atoms with E-state index in [-0.39, 0.29) is 22.5 Å². The summed E-state index contributed by atoms with van der Waals surface area (Å²) in [6.45, 7) is 1.84. The van der Waals surface area contributed by atoms with Crippen LogP contribution in [0.25, 0.3) is 22.5 Å². The molecular weight excluding hydrogens is 580 g/mol. The Bertz CT molecular complexity index is 1740. The first-order chi connectivity index (χ1) is 20.1. The van der Waals surface area contributed by atoms with Crippen molar-refractivity contribution in [3.8, 4) is 22.5 Å². The molecule has 2 aromatic carbocycles. The van der Waals surface area contributed by atoms with Gasteiger partial charge in [0.05, 0.1) is 41.3 Å². The number of aromatic nitrogens is 3. The normalized spacial score (nSPS) is 17.5. The number of nitrogens with one attached hydrogen (secondary N) is 1. The van der Waals surface area contributed by atoms with Gasteiger partial charge in [-0.1, -0.05) is 36.5 Å². The second-order valence-electron chi connectivity index (χ2n) is 10.1. The van der Waals surface area contributed by atoms with Crippen LogP contribution in [0, 0.1) is 11.7 Å². The number of rotatable bonds is 4. The molecule has 2 aromatic heterocycles. The molecule has 4 aromatic rings. The van der Waals surface area contributed by atoms with Crippen LogP contribution in [0.4, 0.5) is 15.8 Å². The fraction of sp³-hybridized carbons (Fsp3) is 0.200. The summed E-state index contributed by atoms with van der Waals surface area (Å²) in [5, 5.41) is 4.54. The van der Waals surface area contributed by atoms with Crippen molar-refractivity contribution in [3.63, 3.8) is 0 Å². The van der Waals surface area contributed by atoms with Crippen LogP contribution in [0.2, 0.25) is 5.02 Å². The van der Waals surface area contributed by atoms with Crippen molar-refractivity contribution in [1.82, 2.24) is 14.5 Å². The van der Waals surface area contributed by atoms with E-state index in [0.29, 0.717) is 58.2 Å². The van der Waals surface area contributed by atoms with E-state index in [9.17, 15) is 14.0 Å². The first-order valence-electron chi connectivity index (χ1n) is 13.2. The summed E-state index contributed by atoms with van der Waals surface area (Å²) in [5.41, 5.74) is 8.79. The Hall–Kier alpha value is -4.25. The van der Waals surface area contributed by atoms with E-state index in [4.69, 9.17) is 34.8 Å². The smallest absolute Gasteiger partial charge is 0.254 e. The number of nitrogens with two attached hydrogens (primary N) is 2. The van der Waals surface area contributed by atoms with Crippen LogP contribution in [-0.2, 0) is 4.79 Å². The van der Waals surface area contributed by atoms with Gasteiger partial charge >= 0.3 is 0 Å². The van der Waals surface area contributed by atoms with Gasteiger partial charge in [0.1, 0.15) is 11.0 Å². The third-order valence-corrected chi connectivity index (χ3v) is 7.53. The number of hydrazine groups is 1. The maximum absolute atomic E-state index is 14.3. The molecule has 5 N–H and O–H groups in total. The fourth-order valence-corrected chi connectivity index (χ4v) is 5.32. The summed E-state index contributed by atoms with van der Waals surface area (Å²) < 4.78 is 15.8. The van der Waals surface area contributed by atoms with E-state index in [2.05, 4.69) is 15.3 Å². The molecule has 0 radical (unpaired) electrons. The highest BCUT2D eigenvalue weighted by atomic mass is 35.5. The zero-order valence-corrected chi connectivity index (χ0v) is 24.1. The second-order valence-corrected chi connectivity index (χ2v) is 11.0. The molecule has 1 amide bonds. The number of hydrogen-bond acceptors (Lipinski definition) is 7. The van der Waals surface area contributed by atoms with Crippen LogP contribution >= 0.6 is 23.2 Å². The highest BCUT2D eigenvalue weighted by molar-refractivity contribution is 6.31. The van der Waals surface area contributed by atoms with Crippen LogP contribution in [0.15, 0.2) is 83.3 Å².